The van der Waals surface area contributed by atoms with Gasteiger partial charge in [-0.15, -0.1) is 15.0 Å². The van der Waals surface area contributed by atoms with Crippen molar-refractivity contribution < 1.29 is 14.6 Å². The van der Waals surface area contributed by atoms with Gasteiger partial charge in [0.15, 0.2) is 0 Å². The van der Waals surface area contributed by atoms with Crippen LogP contribution in [0.5, 0.6) is 5.75 Å². The first kappa shape index (κ1) is 15.7. The molecule has 3 aromatic rings. The Kier molecular flexibility index (Phi) is 4.29. The summed E-state index contributed by atoms with van der Waals surface area (Å²) in [7, 11) is 0. The number of benzene rings is 2. The Morgan fingerprint density at radius 1 is 1.21 bits per heavy atom. The quantitative estimate of drug-likeness (QED) is 0.577. The van der Waals surface area contributed by atoms with Crippen LogP contribution in [0.2, 0.25) is 0 Å². The summed E-state index contributed by atoms with van der Waals surface area (Å²) in [6.07, 6.45) is 0.521. The van der Waals surface area contributed by atoms with Crippen LogP contribution in [0.3, 0.4) is 0 Å². The summed E-state index contributed by atoms with van der Waals surface area (Å²) in [4.78, 5) is 12.8. The van der Waals surface area contributed by atoms with Crippen LogP contribution in [0.4, 0.5) is 0 Å². The van der Waals surface area contributed by atoms with Crippen LogP contribution in [0.15, 0.2) is 54.6 Å². The van der Waals surface area contributed by atoms with Gasteiger partial charge in [-0.1, -0.05) is 24.8 Å². The number of nitrogens with zero attached hydrogens (tertiary/aromatic N) is 3. The lowest BCUT2D eigenvalue weighted by atomic mass is 10.1. The lowest BCUT2D eigenvalue weighted by molar-refractivity contribution is -0.138. The highest BCUT2D eigenvalue weighted by Gasteiger charge is 2.10. The minimum Gasteiger partial charge on any atom is -0.506 e. The Balaban J connectivity index is 1.81. The fourth-order valence-electron chi connectivity index (χ4n) is 2.24. The molecule has 6 heteroatoms. The maximum absolute atomic E-state index is 11.4. The molecular weight excluding hydrogens is 306 g/mol. The molecule has 0 aliphatic carbocycles. The number of aromatic nitrogens is 3. The van der Waals surface area contributed by atoms with Gasteiger partial charge in [0.2, 0.25) is 0 Å². The van der Waals surface area contributed by atoms with Crippen molar-refractivity contribution in [3.05, 3.63) is 60.2 Å². The van der Waals surface area contributed by atoms with Gasteiger partial charge in [-0.25, -0.2) is 4.79 Å². The van der Waals surface area contributed by atoms with Crippen LogP contribution in [0, 0.1) is 0 Å². The van der Waals surface area contributed by atoms with Crippen LogP contribution in [-0.4, -0.2) is 32.7 Å². The van der Waals surface area contributed by atoms with Gasteiger partial charge in [-0.05, 0) is 36.8 Å². The number of carbonyl (C=O) groups excluding carboxylic acids is 1. The molecule has 2 aromatic carbocycles. The minimum absolute atomic E-state index is 0.0815. The van der Waals surface area contributed by atoms with E-state index in [1.807, 2.05) is 24.3 Å². The van der Waals surface area contributed by atoms with Crippen molar-refractivity contribution in [2.75, 3.05) is 6.61 Å². The first-order chi connectivity index (χ1) is 11.5. The van der Waals surface area contributed by atoms with Gasteiger partial charge < -0.3 is 9.84 Å². The molecule has 0 saturated heterocycles. The Labute approximate surface area is 139 Å². The highest BCUT2D eigenvalue weighted by Crippen LogP contribution is 2.23. The number of ether oxygens (including phenoxy) is 1. The van der Waals surface area contributed by atoms with Crippen molar-refractivity contribution in [1.82, 2.24) is 15.0 Å². The molecule has 0 radical (unpaired) electrons. The zero-order valence-corrected chi connectivity index (χ0v) is 13.3. The van der Waals surface area contributed by atoms with Crippen molar-refractivity contribution in [1.29, 1.82) is 0 Å². The average molecular weight is 323 g/mol. The van der Waals surface area contributed by atoms with E-state index in [4.69, 9.17) is 4.74 Å². The van der Waals surface area contributed by atoms with Crippen molar-refractivity contribution >= 4 is 17.0 Å². The molecule has 0 saturated carbocycles. The molecule has 0 spiro atoms. The van der Waals surface area contributed by atoms with Crippen molar-refractivity contribution in [3.63, 3.8) is 0 Å². The zero-order chi connectivity index (χ0) is 17.1. The summed E-state index contributed by atoms with van der Waals surface area (Å²) in [6, 6.07) is 12.6. The molecule has 1 heterocycles. The fraction of sp³-hybridized carbons (Fsp3) is 0.167. The van der Waals surface area contributed by atoms with E-state index in [0.29, 0.717) is 17.7 Å². The molecule has 0 atom stereocenters. The Bertz CT molecular complexity index is 882. The monoisotopic (exact) mass is 323 g/mol. The van der Waals surface area contributed by atoms with Crippen molar-refractivity contribution in [2.24, 2.45) is 0 Å². The molecule has 1 aromatic heterocycles. The molecule has 6 nitrogen and oxygen atoms in total. The van der Waals surface area contributed by atoms with Crippen LogP contribution < -0.4 is 0 Å². The number of hydrogen-bond acceptors (Lipinski definition) is 5. The van der Waals surface area contributed by atoms with E-state index >= 15 is 0 Å². The third kappa shape index (κ3) is 3.27. The van der Waals surface area contributed by atoms with E-state index in [1.165, 1.54) is 4.80 Å². The Morgan fingerprint density at radius 3 is 2.50 bits per heavy atom. The summed E-state index contributed by atoms with van der Waals surface area (Å²) >= 11 is 0. The number of carbonyl (C=O) groups is 1. The van der Waals surface area contributed by atoms with Crippen LogP contribution >= 0.6 is 0 Å². The Morgan fingerprint density at radius 2 is 1.88 bits per heavy atom. The van der Waals surface area contributed by atoms with Gasteiger partial charge in [0.05, 0.1) is 6.61 Å². The molecule has 1 N–H and O–H groups in total. The van der Waals surface area contributed by atoms with Crippen molar-refractivity contribution in [2.45, 2.75) is 13.3 Å². The third-order valence-electron chi connectivity index (χ3n) is 3.51. The van der Waals surface area contributed by atoms with Crippen LogP contribution in [0.1, 0.15) is 12.5 Å². The molecule has 0 amide bonds. The normalized spacial score (nSPS) is 10.7. The zero-order valence-electron chi connectivity index (χ0n) is 13.3. The molecule has 122 valence electrons. The number of hydrogen-bond donors (Lipinski definition) is 1. The van der Waals surface area contributed by atoms with Gasteiger partial charge in [-0.3, -0.25) is 0 Å². The van der Waals surface area contributed by atoms with E-state index in [-0.39, 0.29) is 12.4 Å². The van der Waals surface area contributed by atoms with Crippen molar-refractivity contribution in [3.8, 4) is 11.4 Å². The second-order valence-electron chi connectivity index (χ2n) is 5.47. The molecule has 0 unspecified atom stereocenters. The summed E-state index contributed by atoms with van der Waals surface area (Å²) in [5, 5.41) is 18.8. The average Bonchev–Trinajstić information content (AvgIpc) is 3.00. The van der Waals surface area contributed by atoms with Gasteiger partial charge in [0.25, 0.3) is 0 Å². The predicted molar refractivity (Wildman–Crippen MR) is 90.0 cm³/mol. The van der Waals surface area contributed by atoms with Gasteiger partial charge in [0, 0.05) is 12.0 Å². The molecule has 24 heavy (non-hydrogen) atoms. The van der Waals surface area contributed by atoms with E-state index in [1.54, 1.807) is 25.1 Å². The summed E-state index contributed by atoms with van der Waals surface area (Å²) in [5.41, 5.74) is 3.25. The van der Waals surface area contributed by atoms with Gasteiger partial charge >= 0.3 is 5.97 Å². The summed E-state index contributed by atoms with van der Waals surface area (Å²) in [5.74, 6) is -0.327. The molecule has 0 fully saturated rings. The smallest absolute Gasteiger partial charge is 0.333 e. The number of phenolic OH excluding ortho intramolecular Hbond substituents is 1. The SMILES string of the molecule is C=C(C)C(=O)OCCc1ccc(O)c(-n2nc3ccccc3n2)c1. The first-order valence-electron chi connectivity index (χ1n) is 7.51. The molecule has 3 rings (SSSR count). The molecule has 0 aliphatic heterocycles. The minimum atomic E-state index is -0.408. The van der Waals surface area contributed by atoms with E-state index in [0.717, 1.165) is 16.6 Å². The lowest BCUT2D eigenvalue weighted by Gasteiger charge is -2.08. The highest BCUT2D eigenvalue weighted by atomic mass is 16.5. The second kappa shape index (κ2) is 6.54. The predicted octanol–water partition coefficient (Wildman–Crippen LogP) is 2.79. The molecular formula is C18H17N3O3. The highest BCUT2D eigenvalue weighted by molar-refractivity contribution is 5.86. The number of fused-ring (bicyclic) bond motifs is 1. The number of esters is 1. The standard InChI is InChI=1S/C18H17N3O3/c1-12(2)18(23)24-10-9-13-7-8-17(22)16(11-13)21-19-14-5-3-4-6-15(14)20-21/h3-8,11,22H,1,9-10H2,2H3. The van der Waals surface area contributed by atoms with E-state index in [9.17, 15) is 9.90 Å². The largest absolute Gasteiger partial charge is 0.506 e. The van der Waals surface area contributed by atoms with E-state index < -0.39 is 5.97 Å². The molecule has 0 bridgehead atoms. The summed E-state index contributed by atoms with van der Waals surface area (Å²) < 4.78 is 5.09. The Hall–Kier alpha value is -3.15. The number of rotatable bonds is 5. The van der Waals surface area contributed by atoms with Gasteiger partial charge in [-0.2, -0.15) is 0 Å². The second-order valence-corrected chi connectivity index (χ2v) is 5.47. The first-order valence-corrected chi connectivity index (χ1v) is 7.51. The third-order valence-corrected chi connectivity index (χ3v) is 3.51. The number of phenols is 1. The lowest BCUT2D eigenvalue weighted by Crippen LogP contribution is -2.08. The van der Waals surface area contributed by atoms with Crippen LogP contribution in [-0.2, 0) is 16.0 Å². The number of aromatic hydroxyl groups is 1. The fourth-order valence-corrected chi connectivity index (χ4v) is 2.24. The maximum Gasteiger partial charge on any atom is 0.333 e. The summed E-state index contributed by atoms with van der Waals surface area (Å²) in [6.45, 7) is 5.39. The molecule has 0 aliphatic rings. The van der Waals surface area contributed by atoms with E-state index in [2.05, 4.69) is 16.8 Å². The van der Waals surface area contributed by atoms with Crippen LogP contribution in [0.25, 0.3) is 16.7 Å². The maximum atomic E-state index is 11.4. The topological polar surface area (TPSA) is 77.2 Å². The van der Waals surface area contributed by atoms with Gasteiger partial charge in [0.1, 0.15) is 22.5 Å².